The molecule has 0 fully saturated rings. The molecule has 0 saturated carbocycles. The zero-order chi connectivity index (χ0) is 8.69. The van der Waals surface area contributed by atoms with Gasteiger partial charge in [0.15, 0.2) is 0 Å². The number of benzene rings is 1. The summed E-state index contributed by atoms with van der Waals surface area (Å²) in [7, 11) is -0.750. The average molecular weight is 176 g/mol. The molecule has 2 nitrogen and oxygen atoms in total. The van der Waals surface area contributed by atoms with Crippen molar-refractivity contribution in [1.82, 2.24) is 0 Å². The normalized spacial score (nSPS) is 8.00. The fraction of sp³-hybridized carbons (Fsp3) is 0. The minimum atomic E-state index is -0.750. The highest BCUT2D eigenvalue weighted by molar-refractivity contribution is 6.30. The van der Waals surface area contributed by atoms with E-state index in [-0.39, 0.29) is 5.82 Å². The summed E-state index contributed by atoms with van der Waals surface area (Å²) >= 11 is 5.44. The van der Waals surface area contributed by atoms with Crippen molar-refractivity contribution in [3.63, 3.8) is 0 Å². The van der Waals surface area contributed by atoms with Gasteiger partial charge in [-0.15, -0.1) is 0 Å². The summed E-state index contributed by atoms with van der Waals surface area (Å²) in [5.41, 5.74) is 0. The van der Waals surface area contributed by atoms with Crippen LogP contribution in [0.1, 0.15) is 0 Å². The first kappa shape index (κ1) is 10.4. The lowest BCUT2D eigenvalue weighted by Crippen LogP contribution is -1.75. The second kappa shape index (κ2) is 6.16. The fourth-order valence-corrected chi connectivity index (χ4v) is 0.556. The lowest BCUT2D eigenvalue weighted by atomic mass is 10.4. The van der Waals surface area contributed by atoms with Crippen molar-refractivity contribution in [1.29, 1.82) is 0 Å². The van der Waals surface area contributed by atoms with E-state index in [9.17, 15) is 4.39 Å². The predicted octanol–water partition coefficient (Wildman–Crippen LogP) is 0.717. The summed E-state index contributed by atoms with van der Waals surface area (Å²) in [6, 6.07) is 5.67. The van der Waals surface area contributed by atoms with E-state index in [0.29, 0.717) is 5.02 Å². The Morgan fingerprint density at radius 2 is 1.55 bits per heavy atom. The molecule has 5 heteroatoms. The SMILES string of the molecule is Fc1ccc(Cl)cc1.OBO. The lowest BCUT2D eigenvalue weighted by molar-refractivity contribution is 0.448. The van der Waals surface area contributed by atoms with Gasteiger partial charge in [-0.25, -0.2) is 4.39 Å². The molecule has 60 valence electrons. The Labute approximate surface area is 69.6 Å². The molecule has 0 aromatic heterocycles. The molecule has 0 unspecified atom stereocenters. The van der Waals surface area contributed by atoms with Crippen molar-refractivity contribution >= 4 is 19.3 Å². The van der Waals surface area contributed by atoms with E-state index in [0.717, 1.165) is 0 Å². The summed E-state index contributed by atoms with van der Waals surface area (Å²) < 4.78 is 12.0. The second-order valence-corrected chi connectivity index (χ2v) is 2.01. The molecular weight excluding hydrogens is 169 g/mol. The standard InChI is InChI=1S/C6H4ClF.BH3O2/c7-5-1-3-6(8)4-2-5;2-1-3/h1-4H;1-3H. The molecule has 0 atom stereocenters. The van der Waals surface area contributed by atoms with Crippen LogP contribution in [0.15, 0.2) is 24.3 Å². The van der Waals surface area contributed by atoms with Crippen LogP contribution in [-0.4, -0.2) is 17.7 Å². The third kappa shape index (κ3) is 5.85. The van der Waals surface area contributed by atoms with E-state index in [2.05, 4.69) is 0 Å². The Hall–Kier alpha value is -0.575. The van der Waals surface area contributed by atoms with Crippen LogP contribution in [0.2, 0.25) is 5.02 Å². The van der Waals surface area contributed by atoms with Gasteiger partial charge >= 0.3 is 7.69 Å². The molecule has 1 rings (SSSR count). The average Bonchev–Trinajstić information content (AvgIpc) is 1.97. The molecule has 0 spiro atoms. The van der Waals surface area contributed by atoms with Crippen molar-refractivity contribution in [2.24, 2.45) is 0 Å². The maximum Gasteiger partial charge on any atom is 0.432 e. The maximum absolute atomic E-state index is 12.0. The largest absolute Gasteiger partial charge is 0.432 e. The highest BCUT2D eigenvalue weighted by atomic mass is 35.5. The van der Waals surface area contributed by atoms with Gasteiger partial charge in [-0.3, -0.25) is 0 Å². The third-order valence-corrected chi connectivity index (χ3v) is 1.06. The molecule has 0 amide bonds. The minimum Gasteiger partial charge on any atom is -0.430 e. The van der Waals surface area contributed by atoms with Crippen molar-refractivity contribution in [3.8, 4) is 0 Å². The minimum absolute atomic E-state index is 0.255. The van der Waals surface area contributed by atoms with Crippen LogP contribution in [0.5, 0.6) is 0 Å². The molecule has 0 heterocycles. The van der Waals surface area contributed by atoms with E-state index in [4.69, 9.17) is 21.6 Å². The first-order chi connectivity index (χ1) is 5.20. The summed E-state index contributed by atoms with van der Waals surface area (Å²) in [5, 5.41) is 14.8. The summed E-state index contributed by atoms with van der Waals surface area (Å²) in [6.07, 6.45) is 0. The second-order valence-electron chi connectivity index (χ2n) is 1.58. The van der Waals surface area contributed by atoms with Gasteiger partial charge in [-0.2, -0.15) is 0 Å². The Kier molecular flexibility index (Phi) is 5.83. The van der Waals surface area contributed by atoms with Crippen LogP contribution in [0.3, 0.4) is 0 Å². The third-order valence-electron chi connectivity index (χ3n) is 0.804. The van der Waals surface area contributed by atoms with E-state index >= 15 is 0 Å². The molecule has 1 aromatic rings. The van der Waals surface area contributed by atoms with Crippen molar-refractivity contribution in [2.45, 2.75) is 0 Å². The van der Waals surface area contributed by atoms with Crippen LogP contribution in [0.25, 0.3) is 0 Å². The first-order valence-corrected chi connectivity index (χ1v) is 3.21. The quantitative estimate of drug-likeness (QED) is 0.572. The van der Waals surface area contributed by atoms with Gasteiger partial charge in [0.2, 0.25) is 0 Å². The highest BCUT2D eigenvalue weighted by Crippen LogP contribution is 2.07. The molecule has 0 aliphatic rings. The molecule has 1 aromatic carbocycles. The molecular formula is C6H7BClFO2. The molecule has 0 saturated heterocycles. The van der Waals surface area contributed by atoms with Crippen LogP contribution >= 0.6 is 11.6 Å². The maximum atomic E-state index is 12.0. The number of hydrogen-bond donors (Lipinski definition) is 2. The van der Waals surface area contributed by atoms with Gasteiger partial charge in [0.1, 0.15) is 5.82 Å². The first-order valence-electron chi connectivity index (χ1n) is 2.83. The van der Waals surface area contributed by atoms with E-state index < -0.39 is 7.69 Å². The Balaban J connectivity index is 0.000000292. The summed E-state index contributed by atoms with van der Waals surface area (Å²) in [5.74, 6) is -0.255. The number of rotatable bonds is 0. The van der Waals surface area contributed by atoms with Gasteiger partial charge in [0, 0.05) is 5.02 Å². The van der Waals surface area contributed by atoms with E-state index in [1.165, 1.54) is 24.3 Å². The molecule has 2 N–H and O–H groups in total. The number of hydrogen-bond acceptors (Lipinski definition) is 2. The summed E-state index contributed by atoms with van der Waals surface area (Å²) in [4.78, 5) is 0. The van der Waals surface area contributed by atoms with Crippen LogP contribution < -0.4 is 0 Å². The van der Waals surface area contributed by atoms with Crippen LogP contribution in [0, 0.1) is 5.82 Å². The summed E-state index contributed by atoms with van der Waals surface area (Å²) in [6.45, 7) is 0. The monoisotopic (exact) mass is 176 g/mol. The van der Waals surface area contributed by atoms with Crippen molar-refractivity contribution < 1.29 is 14.4 Å². The highest BCUT2D eigenvalue weighted by Gasteiger charge is 1.85. The van der Waals surface area contributed by atoms with Gasteiger partial charge in [0.25, 0.3) is 0 Å². The topological polar surface area (TPSA) is 40.5 Å². The predicted molar refractivity (Wildman–Crippen MR) is 43.0 cm³/mol. The fourth-order valence-electron chi connectivity index (χ4n) is 0.430. The lowest BCUT2D eigenvalue weighted by Gasteiger charge is -1.84. The van der Waals surface area contributed by atoms with Crippen molar-refractivity contribution in [2.75, 3.05) is 0 Å². The van der Waals surface area contributed by atoms with Gasteiger partial charge < -0.3 is 10.0 Å². The van der Waals surface area contributed by atoms with Gasteiger partial charge in [-0.1, -0.05) is 11.6 Å². The molecule has 0 radical (unpaired) electrons. The van der Waals surface area contributed by atoms with Crippen LogP contribution in [0.4, 0.5) is 4.39 Å². The van der Waals surface area contributed by atoms with Gasteiger partial charge in [0.05, 0.1) is 0 Å². The van der Waals surface area contributed by atoms with Gasteiger partial charge in [-0.05, 0) is 24.3 Å². The number of halogens is 2. The zero-order valence-electron chi connectivity index (χ0n) is 5.67. The van der Waals surface area contributed by atoms with E-state index in [1.807, 2.05) is 0 Å². The molecule has 11 heavy (non-hydrogen) atoms. The Morgan fingerprint density at radius 1 is 1.18 bits per heavy atom. The zero-order valence-corrected chi connectivity index (χ0v) is 6.42. The molecule has 0 bridgehead atoms. The van der Waals surface area contributed by atoms with E-state index in [1.54, 1.807) is 0 Å². The Morgan fingerprint density at radius 3 is 1.82 bits per heavy atom. The van der Waals surface area contributed by atoms with Crippen LogP contribution in [-0.2, 0) is 0 Å². The molecule has 0 aliphatic carbocycles. The Bertz CT molecular complexity index is 171. The molecule has 0 aliphatic heterocycles. The smallest absolute Gasteiger partial charge is 0.430 e. The van der Waals surface area contributed by atoms with Crippen molar-refractivity contribution in [3.05, 3.63) is 35.1 Å².